The smallest absolute Gasteiger partial charge is 0.329 e. The summed E-state index contributed by atoms with van der Waals surface area (Å²) in [6.07, 6.45) is -0.317. The number of carboxylic acid groups (broad SMARTS) is 1. The number of halogens is 1. The lowest BCUT2D eigenvalue weighted by molar-refractivity contribution is -0.149. The molecule has 6 nitrogen and oxygen atoms in total. The van der Waals surface area contributed by atoms with E-state index in [1.807, 2.05) is 0 Å². The van der Waals surface area contributed by atoms with Crippen molar-refractivity contribution in [2.24, 2.45) is 0 Å². The number of ether oxygens (including phenoxy) is 2. The zero-order valence-electron chi connectivity index (χ0n) is 11.3. The zero-order chi connectivity index (χ0) is 15.2. The Bertz CT molecular complexity index is 505. The zero-order valence-corrected chi connectivity index (χ0v) is 11.3. The SMILES string of the molecule is O=C(O)COCC(=O)N1CCOC(c2ccc(F)cc2)C1. The summed E-state index contributed by atoms with van der Waals surface area (Å²) in [5.41, 5.74) is 0.792. The highest BCUT2D eigenvalue weighted by atomic mass is 19.1. The highest BCUT2D eigenvalue weighted by Gasteiger charge is 2.25. The van der Waals surface area contributed by atoms with Gasteiger partial charge in [-0.15, -0.1) is 0 Å². The Hall–Kier alpha value is -1.99. The fraction of sp³-hybridized carbons (Fsp3) is 0.429. The van der Waals surface area contributed by atoms with Gasteiger partial charge in [0.05, 0.1) is 13.2 Å². The normalized spacial score (nSPS) is 18.5. The molecule has 1 aromatic carbocycles. The second kappa shape index (κ2) is 7.14. The Morgan fingerprint density at radius 3 is 2.71 bits per heavy atom. The van der Waals surface area contributed by atoms with E-state index in [1.54, 1.807) is 17.0 Å². The summed E-state index contributed by atoms with van der Waals surface area (Å²) >= 11 is 0. The summed E-state index contributed by atoms with van der Waals surface area (Å²) < 4.78 is 23.3. The lowest BCUT2D eigenvalue weighted by atomic mass is 10.1. The Morgan fingerprint density at radius 2 is 2.05 bits per heavy atom. The summed E-state index contributed by atoms with van der Waals surface area (Å²) in [4.78, 5) is 23.8. The maximum absolute atomic E-state index is 12.9. The van der Waals surface area contributed by atoms with E-state index in [2.05, 4.69) is 0 Å². The van der Waals surface area contributed by atoms with Crippen LogP contribution in [0.3, 0.4) is 0 Å². The van der Waals surface area contributed by atoms with E-state index in [-0.39, 0.29) is 24.4 Å². The summed E-state index contributed by atoms with van der Waals surface area (Å²) in [5.74, 6) is -1.73. The Kier molecular flexibility index (Phi) is 5.24. The van der Waals surface area contributed by atoms with Crippen molar-refractivity contribution in [2.75, 3.05) is 32.9 Å². The Labute approximate surface area is 121 Å². The lowest BCUT2D eigenvalue weighted by Crippen LogP contribution is -2.44. The molecule has 1 saturated heterocycles. The molecule has 0 radical (unpaired) electrons. The molecule has 1 N–H and O–H groups in total. The molecule has 0 aliphatic carbocycles. The van der Waals surface area contributed by atoms with Gasteiger partial charge in [0.15, 0.2) is 0 Å². The van der Waals surface area contributed by atoms with Crippen molar-refractivity contribution >= 4 is 11.9 Å². The quantitative estimate of drug-likeness (QED) is 0.871. The van der Waals surface area contributed by atoms with E-state index in [4.69, 9.17) is 14.6 Å². The van der Waals surface area contributed by atoms with E-state index in [0.29, 0.717) is 19.7 Å². The Morgan fingerprint density at radius 1 is 1.33 bits per heavy atom. The van der Waals surface area contributed by atoms with Crippen molar-refractivity contribution < 1.29 is 28.6 Å². The number of aliphatic carboxylic acids is 1. The first-order chi connectivity index (χ1) is 10.1. The fourth-order valence-electron chi connectivity index (χ4n) is 2.07. The fourth-order valence-corrected chi connectivity index (χ4v) is 2.07. The van der Waals surface area contributed by atoms with E-state index in [0.717, 1.165) is 5.56 Å². The number of hydrogen-bond acceptors (Lipinski definition) is 4. The second-order valence-corrected chi connectivity index (χ2v) is 4.64. The molecular weight excluding hydrogens is 281 g/mol. The standard InChI is InChI=1S/C14H16FNO5/c15-11-3-1-10(2-4-11)12-7-16(5-6-21-12)13(17)8-20-9-14(18)19/h1-4,12H,5-9H2,(H,18,19). The van der Waals surface area contributed by atoms with Gasteiger partial charge >= 0.3 is 5.97 Å². The topological polar surface area (TPSA) is 76.1 Å². The third-order valence-electron chi connectivity index (χ3n) is 3.11. The minimum atomic E-state index is -1.12. The highest BCUT2D eigenvalue weighted by Crippen LogP contribution is 2.22. The van der Waals surface area contributed by atoms with Crippen LogP contribution in [0.1, 0.15) is 11.7 Å². The van der Waals surface area contributed by atoms with E-state index < -0.39 is 12.6 Å². The van der Waals surface area contributed by atoms with Crippen molar-refractivity contribution in [2.45, 2.75) is 6.10 Å². The summed E-state index contributed by atoms with van der Waals surface area (Å²) in [6, 6.07) is 5.93. The molecule has 7 heteroatoms. The maximum atomic E-state index is 12.9. The first kappa shape index (κ1) is 15.4. The van der Waals surface area contributed by atoms with Crippen molar-refractivity contribution in [3.05, 3.63) is 35.6 Å². The predicted molar refractivity (Wildman–Crippen MR) is 70.1 cm³/mol. The van der Waals surface area contributed by atoms with E-state index in [1.165, 1.54) is 12.1 Å². The molecule has 2 rings (SSSR count). The Balaban J connectivity index is 1.89. The van der Waals surface area contributed by atoms with Crippen LogP contribution in [-0.4, -0.2) is 54.8 Å². The number of hydrogen-bond donors (Lipinski definition) is 1. The van der Waals surface area contributed by atoms with Crippen molar-refractivity contribution in [3.63, 3.8) is 0 Å². The third-order valence-corrected chi connectivity index (χ3v) is 3.11. The largest absolute Gasteiger partial charge is 0.480 e. The number of carbonyl (C=O) groups excluding carboxylic acids is 1. The van der Waals surface area contributed by atoms with Gasteiger partial charge < -0.3 is 19.5 Å². The first-order valence-electron chi connectivity index (χ1n) is 6.50. The molecule has 0 aromatic heterocycles. The van der Waals surface area contributed by atoms with Gasteiger partial charge in [0.25, 0.3) is 0 Å². The minimum Gasteiger partial charge on any atom is -0.480 e. The van der Waals surface area contributed by atoms with Gasteiger partial charge in [-0.05, 0) is 17.7 Å². The lowest BCUT2D eigenvalue weighted by Gasteiger charge is -2.33. The maximum Gasteiger partial charge on any atom is 0.329 e. The van der Waals surface area contributed by atoms with Gasteiger partial charge in [0.2, 0.25) is 5.91 Å². The molecule has 0 spiro atoms. The second-order valence-electron chi connectivity index (χ2n) is 4.64. The molecule has 1 amide bonds. The van der Waals surface area contributed by atoms with Gasteiger partial charge in [-0.25, -0.2) is 9.18 Å². The van der Waals surface area contributed by atoms with Gasteiger partial charge in [0.1, 0.15) is 25.1 Å². The number of carboxylic acids is 1. The van der Waals surface area contributed by atoms with Crippen LogP contribution in [0.15, 0.2) is 24.3 Å². The summed E-state index contributed by atoms with van der Waals surface area (Å²) in [7, 11) is 0. The van der Waals surface area contributed by atoms with Crippen LogP contribution < -0.4 is 0 Å². The monoisotopic (exact) mass is 297 g/mol. The van der Waals surface area contributed by atoms with E-state index in [9.17, 15) is 14.0 Å². The van der Waals surface area contributed by atoms with Crippen LogP contribution in [0.5, 0.6) is 0 Å². The molecule has 1 aromatic rings. The van der Waals surface area contributed by atoms with Crippen molar-refractivity contribution in [1.29, 1.82) is 0 Å². The van der Waals surface area contributed by atoms with Gasteiger partial charge in [-0.2, -0.15) is 0 Å². The molecule has 1 unspecified atom stereocenters. The highest BCUT2D eigenvalue weighted by molar-refractivity contribution is 5.78. The predicted octanol–water partition coefficient (Wildman–Crippen LogP) is 0.827. The number of benzene rings is 1. The molecule has 114 valence electrons. The van der Waals surface area contributed by atoms with Crippen molar-refractivity contribution in [3.8, 4) is 0 Å². The molecule has 1 aliphatic rings. The third kappa shape index (κ3) is 4.51. The van der Waals surface area contributed by atoms with Gasteiger partial charge in [-0.1, -0.05) is 12.1 Å². The molecule has 21 heavy (non-hydrogen) atoms. The van der Waals surface area contributed by atoms with Crippen LogP contribution in [0, 0.1) is 5.82 Å². The first-order valence-corrected chi connectivity index (χ1v) is 6.50. The van der Waals surface area contributed by atoms with Crippen LogP contribution in [0.4, 0.5) is 4.39 Å². The van der Waals surface area contributed by atoms with Gasteiger partial charge in [0, 0.05) is 6.54 Å². The summed E-state index contributed by atoms with van der Waals surface area (Å²) in [5, 5.41) is 8.45. The van der Waals surface area contributed by atoms with Crippen molar-refractivity contribution in [1.82, 2.24) is 4.90 Å². The number of morpholine rings is 1. The van der Waals surface area contributed by atoms with E-state index >= 15 is 0 Å². The number of carbonyl (C=O) groups is 2. The average Bonchev–Trinajstić information content (AvgIpc) is 2.47. The number of amides is 1. The van der Waals surface area contributed by atoms with Crippen LogP contribution >= 0.6 is 0 Å². The average molecular weight is 297 g/mol. The van der Waals surface area contributed by atoms with Crippen LogP contribution in [-0.2, 0) is 19.1 Å². The molecule has 1 fully saturated rings. The van der Waals surface area contributed by atoms with Crippen LogP contribution in [0.25, 0.3) is 0 Å². The molecular formula is C14H16FNO5. The summed E-state index contributed by atoms with van der Waals surface area (Å²) in [6.45, 7) is 0.348. The number of rotatable bonds is 5. The minimum absolute atomic E-state index is 0.275. The molecule has 1 aliphatic heterocycles. The molecule has 0 bridgehead atoms. The van der Waals surface area contributed by atoms with Crippen LogP contribution in [0.2, 0.25) is 0 Å². The molecule has 0 saturated carbocycles. The molecule has 1 atom stereocenters. The van der Waals surface area contributed by atoms with Gasteiger partial charge in [-0.3, -0.25) is 4.79 Å². The molecule has 1 heterocycles. The number of nitrogens with zero attached hydrogens (tertiary/aromatic N) is 1.